The maximum atomic E-state index is 14.3. The first-order valence-corrected chi connectivity index (χ1v) is 16.7. The summed E-state index contributed by atoms with van der Waals surface area (Å²) in [7, 11) is 0. The molecule has 1 saturated heterocycles. The van der Waals surface area contributed by atoms with E-state index in [-0.39, 0.29) is 52.7 Å². The third kappa shape index (κ3) is 7.88. The van der Waals surface area contributed by atoms with Gasteiger partial charge in [-0.3, -0.25) is 9.78 Å². The van der Waals surface area contributed by atoms with Crippen molar-refractivity contribution in [3.8, 4) is 17.4 Å². The zero-order valence-electron chi connectivity index (χ0n) is 28.5. The average Bonchev–Trinajstić information content (AvgIpc) is 3.02. The van der Waals surface area contributed by atoms with E-state index in [1.54, 1.807) is 16.0 Å². The zero-order chi connectivity index (χ0) is 34.7. The van der Waals surface area contributed by atoms with Crippen LogP contribution in [-0.4, -0.2) is 85.9 Å². The molecule has 1 aromatic carbocycles. The van der Waals surface area contributed by atoms with Crippen LogP contribution in [-0.2, 0) is 11.2 Å². The van der Waals surface area contributed by atoms with Crippen LogP contribution in [0.3, 0.4) is 0 Å². The molecule has 12 nitrogen and oxygen atoms in total. The molecule has 0 saturated carbocycles. The molecular formula is C34H43ClFN7O5. The van der Waals surface area contributed by atoms with Gasteiger partial charge < -0.3 is 28.9 Å². The number of fused-ring (bicyclic) bond motifs is 1. The Hall–Kier alpha value is -4.26. The van der Waals surface area contributed by atoms with E-state index in [1.165, 1.54) is 12.1 Å². The van der Waals surface area contributed by atoms with Crippen molar-refractivity contribution in [2.24, 2.45) is 0 Å². The van der Waals surface area contributed by atoms with Crippen molar-refractivity contribution in [2.45, 2.75) is 91.5 Å². The highest BCUT2D eigenvalue weighted by Gasteiger charge is 2.35. The Morgan fingerprint density at radius 3 is 2.50 bits per heavy atom. The Labute approximate surface area is 285 Å². The average molecular weight is 684 g/mol. The Morgan fingerprint density at radius 1 is 1.10 bits per heavy atom. The fraction of sp³-hybridized carbons (Fsp3) is 0.529. The second-order valence-corrected chi connectivity index (χ2v) is 13.5. The molecule has 3 aromatic rings. The number of pyridine rings is 1. The van der Waals surface area contributed by atoms with Gasteiger partial charge >= 0.3 is 6.09 Å². The van der Waals surface area contributed by atoms with Gasteiger partial charge in [0.2, 0.25) is 5.28 Å². The molecule has 0 aliphatic carbocycles. The van der Waals surface area contributed by atoms with Crippen molar-refractivity contribution in [1.29, 1.82) is 0 Å². The van der Waals surface area contributed by atoms with Gasteiger partial charge in [-0.1, -0.05) is 0 Å². The molecule has 0 radical (unpaired) electrons. The summed E-state index contributed by atoms with van der Waals surface area (Å²) in [5.41, 5.74) is 1.27. The van der Waals surface area contributed by atoms with Gasteiger partial charge in [-0.25, -0.2) is 9.18 Å². The van der Waals surface area contributed by atoms with Crippen LogP contribution in [0.25, 0.3) is 0 Å². The molecule has 2 aliphatic rings. The molecule has 2 aliphatic heterocycles. The summed E-state index contributed by atoms with van der Waals surface area (Å²) in [4.78, 5) is 40.7. The fourth-order valence-electron chi connectivity index (χ4n) is 6.08. The minimum absolute atomic E-state index is 0.0475. The molecule has 4 heterocycles. The number of hydrogen-bond acceptors (Lipinski definition) is 10. The first-order valence-electron chi connectivity index (χ1n) is 16.3. The number of hydrogen-bond donors (Lipinski definition) is 0. The topological polar surface area (TPSA) is 123 Å². The summed E-state index contributed by atoms with van der Waals surface area (Å²) in [5.74, 6) is 0.316. The number of rotatable bonds is 8. The van der Waals surface area contributed by atoms with E-state index >= 15 is 0 Å². The molecule has 2 amide bonds. The summed E-state index contributed by atoms with van der Waals surface area (Å²) in [6.45, 7) is 15.2. The van der Waals surface area contributed by atoms with Crippen molar-refractivity contribution in [3.05, 3.63) is 58.4 Å². The minimum atomic E-state index is -0.601. The van der Waals surface area contributed by atoms with Crippen LogP contribution in [0.5, 0.6) is 17.4 Å². The van der Waals surface area contributed by atoms with Gasteiger partial charge in [0, 0.05) is 63.2 Å². The molecule has 1 atom stereocenters. The number of aromatic nitrogens is 4. The highest BCUT2D eigenvalue weighted by Crippen LogP contribution is 2.38. The summed E-state index contributed by atoms with van der Waals surface area (Å²) in [5, 5.41) is 7.97. The molecule has 1 unspecified atom stereocenters. The van der Waals surface area contributed by atoms with Crippen molar-refractivity contribution < 1.29 is 28.2 Å². The lowest BCUT2D eigenvalue weighted by Gasteiger charge is -2.38. The lowest BCUT2D eigenvalue weighted by molar-refractivity contribution is 0.0153. The van der Waals surface area contributed by atoms with E-state index in [2.05, 4.69) is 20.2 Å². The Bertz CT molecular complexity index is 1640. The third-order valence-electron chi connectivity index (χ3n) is 8.39. The normalized spacial score (nSPS) is 16.8. The number of benzene rings is 1. The number of halogens is 2. The summed E-state index contributed by atoms with van der Waals surface area (Å²) >= 11 is 6.18. The third-order valence-corrected chi connectivity index (χ3v) is 8.55. The van der Waals surface area contributed by atoms with Gasteiger partial charge in [0.25, 0.3) is 11.8 Å². The van der Waals surface area contributed by atoms with Crippen LogP contribution in [0.4, 0.5) is 15.0 Å². The Morgan fingerprint density at radius 2 is 1.83 bits per heavy atom. The number of carbonyl (C=O) groups is 2. The second-order valence-electron chi connectivity index (χ2n) is 13.2. The van der Waals surface area contributed by atoms with Crippen molar-refractivity contribution in [1.82, 2.24) is 30.0 Å². The van der Waals surface area contributed by atoms with Gasteiger partial charge in [0.1, 0.15) is 29.0 Å². The number of ether oxygens (including phenoxy) is 3. The van der Waals surface area contributed by atoms with Gasteiger partial charge in [0.05, 0.1) is 17.3 Å². The van der Waals surface area contributed by atoms with E-state index in [4.69, 9.17) is 25.8 Å². The van der Waals surface area contributed by atoms with Crippen LogP contribution in [0, 0.1) is 5.82 Å². The summed E-state index contributed by atoms with van der Waals surface area (Å²) in [6.07, 6.45) is 3.15. The minimum Gasteiger partial charge on any atom is -0.490 e. The lowest BCUT2D eigenvalue weighted by Crippen LogP contribution is -2.43. The Balaban J connectivity index is 1.31. The number of amides is 2. The van der Waals surface area contributed by atoms with Crippen molar-refractivity contribution in [3.63, 3.8) is 0 Å². The van der Waals surface area contributed by atoms with Crippen LogP contribution in [0.2, 0.25) is 5.28 Å². The molecule has 258 valence electrons. The summed E-state index contributed by atoms with van der Waals surface area (Å²) in [6, 6.07) is 5.27. The smallest absolute Gasteiger partial charge is 0.410 e. The zero-order valence-corrected chi connectivity index (χ0v) is 29.3. The van der Waals surface area contributed by atoms with E-state index in [0.717, 1.165) is 17.3 Å². The molecule has 48 heavy (non-hydrogen) atoms. The van der Waals surface area contributed by atoms with Crippen LogP contribution >= 0.6 is 11.6 Å². The molecule has 5 rings (SSSR count). The molecule has 1 fully saturated rings. The van der Waals surface area contributed by atoms with E-state index < -0.39 is 11.4 Å². The maximum absolute atomic E-state index is 14.3. The molecule has 14 heteroatoms. The maximum Gasteiger partial charge on any atom is 0.410 e. The predicted molar refractivity (Wildman–Crippen MR) is 178 cm³/mol. The van der Waals surface area contributed by atoms with E-state index in [0.29, 0.717) is 57.0 Å². The SMILES string of the molecule is CCN(C(=O)c1cc(F)ccc1Oc1nnc(Cl)nc1N1CCC(Oc2ccnc3c2C(C)N(C(=O)OC(C)(C)C)CC3)CC1)C(C)C. The first kappa shape index (κ1) is 35.1. The van der Waals surface area contributed by atoms with Crippen LogP contribution in [0.1, 0.15) is 89.0 Å². The summed E-state index contributed by atoms with van der Waals surface area (Å²) < 4.78 is 32.7. The largest absolute Gasteiger partial charge is 0.490 e. The lowest BCUT2D eigenvalue weighted by atomic mass is 9.97. The van der Waals surface area contributed by atoms with E-state index in [9.17, 15) is 14.0 Å². The second kappa shape index (κ2) is 14.5. The highest BCUT2D eigenvalue weighted by molar-refractivity contribution is 6.28. The Kier molecular flexibility index (Phi) is 10.6. The van der Waals surface area contributed by atoms with Gasteiger partial charge in [0.15, 0.2) is 5.82 Å². The number of piperidine rings is 1. The van der Waals surface area contributed by atoms with Crippen molar-refractivity contribution in [2.75, 3.05) is 31.1 Å². The van der Waals surface area contributed by atoms with Crippen LogP contribution < -0.4 is 14.4 Å². The molecule has 0 bridgehead atoms. The predicted octanol–water partition coefficient (Wildman–Crippen LogP) is 6.62. The number of nitrogens with zero attached hydrogens (tertiary/aromatic N) is 7. The highest BCUT2D eigenvalue weighted by atomic mass is 35.5. The fourth-order valence-corrected chi connectivity index (χ4v) is 6.20. The molecule has 0 spiro atoms. The van der Waals surface area contributed by atoms with Crippen molar-refractivity contribution >= 4 is 29.4 Å². The monoisotopic (exact) mass is 683 g/mol. The van der Waals surface area contributed by atoms with E-state index in [1.807, 2.05) is 59.4 Å². The van der Waals surface area contributed by atoms with Gasteiger partial charge in [-0.05, 0) is 84.3 Å². The van der Waals surface area contributed by atoms with Crippen LogP contribution in [0.15, 0.2) is 30.5 Å². The quantitative estimate of drug-likeness (QED) is 0.256. The molecular weight excluding hydrogens is 641 g/mol. The molecule has 0 N–H and O–H groups in total. The van der Waals surface area contributed by atoms with Gasteiger partial charge in [-0.2, -0.15) is 4.98 Å². The first-order chi connectivity index (χ1) is 22.8. The van der Waals surface area contributed by atoms with Gasteiger partial charge in [-0.15, -0.1) is 10.2 Å². The molecule has 2 aromatic heterocycles. The number of carbonyl (C=O) groups excluding carboxylic acids is 2. The number of anilines is 1. The standard InChI is InChI=1S/C34H43ClFN7O5/c1-8-42(20(2)3)31(44)24-19-22(36)9-10-26(24)47-30-29(38-32(35)40-39-30)41-16-12-23(13-17-41)46-27-11-15-37-25-14-18-43(21(4)28(25)27)33(45)48-34(5,6)7/h9-11,15,19-21,23H,8,12-14,16-18H2,1-7H3.